The number of nitrogens with zero attached hydrogens (tertiary/aromatic N) is 3. The number of hydrogen-bond acceptors (Lipinski definition) is 6. The predicted octanol–water partition coefficient (Wildman–Crippen LogP) is 3.62. The average molecular weight is 446 g/mol. The van der Waals surface area contributed by atoms with Crippen LogP contribution in [0.4, 0.5) is 5.69 Å². The van der Waals surface area contributed by atoms with Gasteiger partial charge in [0, 0.05) is 31.0 Å². The maximum Gasteiger partial charge on any atom is 0.269 e. The van der Waals surface area contributed by atoms with E-state index >= 15 is 0 Å². The quantitative estimate of drug-likeness (QED) is 0.682. The van der Waals surface area contributed by atoms with E-state index in [-0.39, 0.29) is 18.1 Å². The Labute approximate surface area is 184 Å². The molecule has 3 heterocycles. The minimum absolute atomic E-state index is 0.0274. The molecule has 0 saturated carbocycles. The van der Waals surface area contributed by atoms with Gasteiger partial charge in [-0.2, -0.15) is 5.10 Å². The first-order chi connectivity index (χ1) is 14.4. The number of amidine groups is 1. The van der Waals surface area contributed by atoms with Crippen LogP contribution >= 0.6 is 22.9 Å². The maximum absolute atomic E-state index is 12.9. The highest BCUT2D eigenvalue weighted by atomic mass is 35.5. The zero-order valence-corrected chi connectivity index (χ0v) is 18.5. The highest BCUT2D eigenvalue weighted by Gasteiger charge is 2.43. The Morgan fingerprint density at radius 3 is 2.80 bits per heavy atom. The minimum atomic E-state index is -0.339. The van der Waals surface area contributed by atoms with E-state index in [1.54, 1.807) is 12.1 Å². The van der Waals surface area contributed by atoms with Crippen LogP contribution in [0, 0.1) is 5.92 Å². The Morgan fingerprint density at radius 1 is 1.30 bits per heavy atom. The van der Waals surface area contributed by atoms with Crippen molar-refractivity contribution in [2.45, 2.75) is 39.5 Å². The van der Waals surface area contributed by atoms with Crippen molar-refractivity contribution in [2.24, 2.45) is 11.0 Å². The van der Waals surface area contributed by atoms with Crippen LogP contribution in [0.25, 0.3) is 0 Å². The van der Waals surface area contributed by atoms with Crippen molar-refractivity contribution in [2.75, 3.05) is 11.4 Å². The van der Waals surface area contributed by atoms with Gasteiger partial charge in [-0.1, -0.05) is 37.6 Å². The molecule has 9 heteroatoms. The number of fused-ring (bicyclic) bond motifs is 3. The number of thiophene rings is 1. The lowest BCUT2D eigenvalue weighted by Gasteiger charge is -2.40. The van der Waals surface area contributed by atoms with Gasteiger partial charge >= 0.3 is 0 Å². The standard InChI is InChI=1S/C21H24ClN5O2S/c1-13(2)12-26-20(29)19-16(9-10-30-19)27-17(24-25-21(26)27)7-8-18(28)23-11-14-3-5-15(22)6-4-14/h3-6,9-10,13,21,25H,7-8,11-12H2,1-2H3,(H,23,28). The van der Waals surface area contributed by atoms with Crippen LogP contribution in [0.5, 0.6) is 0 Å². The third-order valence-electron chi connectivity index (χ3n) is 5.03. The summed E-state index contributed by atoms with van der Waals surface area (Å²) >= 11 is 7.33. The molecule has 1 aromatic heterocycles. The lowest BCUT2D eigenvalue weighted by molar-refractivity contribution is -0.121. The maximum atomic E-state index is 12.9. The average Bonchev–Trinajstić information content (AvgIpc) is 3.36. The zero-order chi connectivity index (χ0) is 21.3. The first-order valence-corrected chi connectivity index (χ1v) is 11.2. The van der Waals surface area contributed by atoms with E-state index in [2.05, 4.69) is 29.7 Å². The van der Waals surface area contributed by atoms with E-state index in [4.69, 9.17) is 11.6 Å². The van der Waals surface area contributed by atoms with Gasteiger partial charge in [0.25, 0.3) is 5.91 Å². The van der Waals surface area contributed by atoms with Crippen molar-refractivity contribution in [1.29, 1.82) is 0 Å². The number of amides is 2. The molecule has 1 aromatic carbocycles. The molecule has 2 aliphatic heterocycles. The summed E-state index contributed by atoms with van der Waals surface area (Å²) in [5, 5.41) is 9.99. The number of halogens is 1. The van der Waals surface area contributed by atoms with Crippen LogP contribution in [0.15, 0.2) is 40.8 Å². The highest BCUT2D eigenvalue weighted by molar-refractivity contribution is 7.12. The van der Waals surface area contributed by atoms with Crippen LogP contribution in [0.1, 0.15) is 41.9 Å². The summed E-state index contributed by atoms with van der Waals surface area (Å²) < 4.78 is 0. The lowest BCUT2D eigenvalue weighted by Crippen LogP contribution is -2.59. The van der Waals surface area contributed by atoms with E-state index < -0.39 is 0 Å². The molecule has 0 fully saturated rings. The van der Waals surface area contributed by atoms with E-state index in [0.29, 0.717) is 36.9 Å². The molecule has 2 amide bonds. The molecule has 1 atom stereocenters. The van der Waals surface area contributed by atoms with Crippen LogP contribution < -0.4 is 15.6 Å². The largest absolute Gasteiger partial charge is 0.352 e. The molecule has 158 valence electrons. The summed E-state index contributed by atoms with van der Waals surface area (Å²) in [7, 11) is 0. The Balaban J connectivity index is 1.40. The molecule has 2 aliphatic rings. The molecule has 1 unspecified atom stereocenters. The fraction of sp³-hybridized carbons (Fsp3) is 0.381. The molecular weight excluding hydrogens is 422 g/mol. The Hall–Kier alpha value is -2.58. The van der Waals surface area contributed by atoms with Crippen molar-refractivity contribution < 1.29 is 9.59 Å². The summed E-state index contributed by atoms with van der Waals surface area (Å²) in [6, 6.07) is 9.34. The van der Waals surface area contributed by atoms with E-state index in [1.165, 1.54) is 11.3 Å². The summed E-state index contributed by atoms with van der Waals surface area (Å²) in [5.74, 6) is 1.08. The molecule has 4 rings (SSSR count). The van der Waals surface area contributed by atoms with Gasteiger partial charge in [0.15, 0.2) is 0 Å². The number of hydrogen-bond donors (Lipinski definition) is 2. The van der Waals surface area contributed by atoms with Crippen molar-refractivity contribution in [3.05, 3.63) is 51.2 Å². The number of rotatable bonds is 7. The normalized spacial score (nSPS) is 17.5. The van der Waals surface area contributed by atoms with Crippen LogP contribution in [-0.4, -0.2) is 35.4 Å². The van der Waals surface area contributed by atoms with Gasteiger partial charge in [0.2, 0.25) is 12.2 Å². The molecule has 2 aromatic rings. The Kier molecular flexibility index (Phi) is 5.97. The van der Waals surface area contributed by atoms with Crippen molar-refractivity contribution in [3.63, 3.8) is 0 Å². The second-order valence-corrected chi connectivity index (χ2v) is 9.14. The molecule has 30 heavy (non-hydrogen) atoms. The summed E-state index contributed by atoms with van der Waals surface area (Å²) in [6.07, 6.45) is 0.457. The minimum Gasteiger partial charge on any atom is -0.352 e. The molecule has 0 radical (unpaired) electrons. The van der Waals surface area contributed by atoms with Gasteiger partial charge in [0.1, 0.15) is 10.7 Å². The van der Waals surface area contributed by atoms with Crippen molar-refractivity contribution in [1.82, 2.24) is 15.6 Å². The molecule has 7 nitrogen and oxygen atoms in total. The third kappa shape index (κ3) is 4.15. The van der Waals surface area contributed by atoms with E-state index in [9.17, 15) is 9.59 Å². The number of carbonyl (C=O) groups is 2. The summed E-state index contributed by atoms with van der Waals surface area (Å²) in [6.45, 7) is 5.26. The van der Waals surface area contributed by atoms with Gasteiger partial charge < -0.3 is 5.32 Å². The molecule has 0 spiro atoms. The SMILES string of the molecule is CC(C)CN1C(=O)c2sccc2N2C(CCC(=O)NCc3ccc(Cl)cc3)=NNC12. The zero-order valence-electron chi connectivity index (χ0n) is 16.9. The van der Waals surface area contributed by atoms with Gasteiger partial charge in [-0.15, -0.1) is 11.3 Å². The number of anilines is 1. The number of benzene rings is 1. The number of carbonyl (C=O) groups excluding carboxylic acids is 2. The van der Waals surface area contributed by atoms with E-state index in [0.717, 1.165) is 22.0 Å². The van der Waals surface area contributed by atoms with Crippen LogP contribution in [0.2, 0.25) is 5.02 Å². The fourth-order valence-electron chi connectivity index (χ4n) is 3.63. The van der Waals surface area contributed by atoms with Crippen LogP contribution in [-0.2, 0) is 11.3 Å². The van der Waals surface area contributed by atoms with Crippen molar-refractivity contribution in [3.8, 4) is 0 Å². The number of hydrazone groups is 1. The third-order valence-corrected chi connectivity index (χ3v) is 6.17. The second kappa shape index (κ2) is 8.65. The smallest absolute Gasteiger partial charge is 0.269 e. The predicted molar refractivity (Wildman–Crippen MR) is 120 cm³/mol. The first-order valence-electron chi connectivity index (χ1n) is 9.95. The molecular formula is C21H24ClN5O2S. The van der Waals surface area contributed by atoms with Gasteiger partial charge in [-0.05, 0) is 35.1 Å². The topological polar surface area (TPSA) is 77.0 Å². The molecule has 0 aliphatic carbocycles. The fourth-order valence-corrected chi connectivity index (χ4v) is 4.59. The Morgan fingerprint density at radius 2 is 2.07 bits per heavy atom. The van der Waals surface area contributed by atoms with Crippen molar-refractivity contribution >= 4 is 46.3 Å². The second-order valence-electron chi connectivity index (χ2n) is 7.79. The number of nitrogens with one attached hydrogen (secondary N) is 2. The molecule has 0 saturated heterocycles. The summed E-state index contributed by atoms with van der Waals surface area (Å²) in [5.41, 5.74) is 4.95. The highest BCUT2D eigenvalue weighted by Crippen LogP contribution is 2.37. The summed E-state index contributed by atoms with van der Waals surface area (Å²) in [4.78, 5) is 29.9. The first kappa shape index (κ1) is 20.7. The Bertz CT molecular complexity index is 972. The monoisotopic (exact) mass is 445 g/mol. The van der Waals surface area contributed by atoms with Crippen LogP contribution in [0.3, 0.4) is 0 Å². The van der Waals surface area contributed by atoms with E-state index in [1.807, 2.05) is 33.4 Å². The molecule has 0 bridgehead atoms. The van der Waals surface area contributed by atoms with Gasteiger partial charge in [-0.3, -0.25) is 24.8 Å². The van der Waals surface area contributed by atoms with Gasteiger partial charge in [-0.25, -0.2) is 0 Å². The lowest BCUT2D eigenvalue weighted by atomic mass is 10.1. The molecule has 2 N–H and O–H groups in total. The van der Waals surface area contributed by atoms with Gasteiger partial charge in [0.05, 0.1) is 5.69 Å².